The fraction of sp³-hybridized carbons (Fsp3) is 0.391. The number of anilines is 3. The first-order valence-corrected chi connectivity index (χ1v) is 10.9. The maximum Gasteiger partial charge on any atom is 0.246 e. The molecule has 2 fully saturated rings. The summed E-state index contributed by atoms with van der Waals surface area (Å²) in [6, 6.07) is 10.2. The standard InChI is InChI=1S/C23H26F2N6O.H2/c1-2-16-9-18(12-19(10-16)29-5-7-30(8-6-29)20-13-32-14-20)27-23-26-15-31(28-23)22-11-17(24)3-4-21(22)25;/h3-4,9-12,15,20H,2,5-8,13-14H2,1H3,(H,27,28);1H. The SMILES string of the molecule is CCc1cc(Nc2ncn(-c3cc(F)ccc3F)n2)cc(N2CCN(C3COC3)CC2)c1.[HH]. The molecule has 0 aliphatic carbocycles. The maximum absolute atomic E-state index is 14.1. The van der Waals surface area contributed by atoms with Gasteiger partial charge in [-0.2, -0.15) is 4.98 Å². The normalized spacial score (nSPS) is 17.4. The van der Waals surface area contributed by atoms with Gasteiger partial charge < -0.3 is 15.0 Å². The van der Waals surface area contributed by atoms with Crippen LogP contribution in [0.2, 0.25) is 0 Å². The van der Waals surface area contributed by atoms with E-state index in [-0.39, 0.29) is 7.11 Å². The molecule has 5 rings (SSSR count). The Hall–Kier alpha value is -3.04. The summed E-state index contributed by atoms with van der Waals surface area (Å²) in [5.74, 6) is -0.773. The van der Waals surface area contributed by atoms with Gasteiger partial charge in [-0.3, -0.25) is 4.90 Å². The second kappa shape index (κ2) is 8.84. The molecular weight excluding hydrogens is 414 g/mol. The molecule has 0 atom stereocenters. The Balaban J connectivity index is 0.00000259. The van der Waals surface area contributed by atoms with Crippen molar-refractivity contribution in [1.29, 1.82) is 0 Å². The van der Waals surface area contributed by atoms with Gasteiger partial charge in [0.1, 0.15) is 23.6 Å². The summed E-state index contributed by atoms with van der Waals surface area (Å²) in [7, 11) is 0. The summed E-state index contributed by atoms with van der Waals surface area (Å²) in [6.45, 7) is 7.80. The molecule has 0 saturated carbocycles. The molecule has 9 heteroatoms. The van der Waals surface area contributed by atoms with Crippen LogP contribution in [0.3, 0.4) is 0 Å². The molecular formula is C23H28F2N6O. The summed E-state index contributed by atoms with van der Waals surface area (Å²) in [4.78, 5) is 9.12. The number of aryl methyl sites for hydroxylation is 1. The molecule has 0 spiro atoms. The van der Waals surface area contributed by atoms with E-state index in [2.05, 4.69) is 50.3 Å². The zero-order chi connectivity index (χ0) is 22.1. The summed E-state index contributed by atoms with van der Waals surface area (Å²) < 4.78 is 34.1. The molecule has 2 aromatic carbocycles. The Morgan fingerprint density at radius 1 is 1.09 bits per heavy atom. The average Bonchev–Trinajstić information content (AvgIpc) is 3.22. The zero-order valence-corrected chi connectivity index (χ0v) is 18.0. The molecule has 0 unspecified atom stereocenters. The number of hydrogen-bond acceptors (Lipinski definition) is 6. The van der Waals surface area contributed by atoms with E-state index in [1.54, 1.807) is 0 Å². The summed E-state index contributed by atoms with van der Waals surface area (Å²) in [6.07, 6.45) is 2.27. The lowest BCUT2D eigenvalue weighted by Crippen LogP contribution is -2.56. The average molecular weight is 443 g/mol. The van der Waals surface area contributed by atoms with Crippen molar-refractivity contribution in [3.8, 4) is 5.69 Å². The van der Waals surface area contributed by atoms with Crippen LogP contribution in [0.4, 0.5) is 26.1 Å². The fourth-order valence-electron chi connectivity index (χ4n) is 4.14. The van der Waals surface area contributed by atoms with Crippen LogP contribution in [0, 0.1) is 11.6 Å². The topological polar surface area (TPSA) is 58.5 Å². The van der Waals surface area contributed by atoms with Crippen molar-refractivity contribution in [1.82, 2.24) is 19.7 Å². The first-order chi connectivity index (χ1) is 15.6. The number of nitrogens with one attached hydrogen (secondary N) is 1. The van der Waals surface area contributed by atoms with Gasteiger partial charge in [0.25, 0.3) is 0 Å². The van der Waals surface area contributed by atoms with Gasteiger partial charge in [-0.15, -0.1) is 5.10 Å². The maximum atomic E-state index is 14.1. The predicted molar refractivity (Wildman–Crippen MR) is 121 cm³/mol. The first-order valence-electron chi connectivity index (χ1n) is 10.9. The van der Waals surface area contributed by atoms with E-state index >= 15 is 0 Å². The molecule has 0 amide bonds. The van der Waals surface area contributed by atoms with Crippen molar-refractivity contribution < 1.29 is 14.9 Å². The number of benzene rings is 2. The van der Waals surface area contributed by atoms with E-state index in [9.17, 15) is 8.78 Å². The molecule has 3 aromatic rings. The van der Waals surface area contributed by atoms with Crippen molar-refractivity contribution >= 4 is 17.3 Å². The minimum Gasteiger partial charge on any atom is -0.378 e. The Labute approximate surface area is 187 Å². The second-order valence-corrected chi connectivity index (χ2v) is 8.19. The number of rotatable bonds is 6. The lowest BCUT2D eigenvalue weighted by atomic mass is 10.1. The third-order valence-corrected chi connectivity index (χ3v) is 6.11. The molecule has 0 bridgehead atoms. The van der Waals surface area contributed by atoms with Crippen LogP contribution in [0.25, 0.3) is 5.69 Å². The van der Waals surface area contributed by atoms with E-state index in [1.807, 2.05) is 0 Å². The van der Waals surface area contributed by atoms with Crippen LogP contribution in [-0.2, 0) is 11.2 Å². The fourth-order valence-corrected chi connectivity index (χ4v) is 4.14. The highest BCUT2D eigenvalue weighted by Crippen LogP contribution is 2.27. The van der Waals surface area contributed by atoms with Gasteiger partial charge in [0.15, 0.2) is 0 Å². The van der Waals surface area contributed by atoms with E-state index in [1.165, 1.54) is 16.6 Å². The van der Waals surface area contributed by atoms with Gasteiger partial charge in [0.05, 0.1) is 19.3 Å². The molecule has 1 aromatic heterocycles. The quantitative estimate of drug-likeness (QED) is 0.629. The monoisotopic (exact) mass is 442 g/mol. The summed E-state index contributed by atoms with van der Waals surface area (Å²) >= 11 is 0. The molecule has 3 heterocycles. The summed E-state index contributed by atoms with van der Waals surface area (Å²) in [5, 5.41) is 7.49. The second-order valence-electron chi connectivity index (χ2n) is 8.19. The van der Waals surface area contributed by atoms with Crippen LogP contribution in [-0.4, -0.2) is 65.1 Å². The minimum absolute atomic E-state index is 0. The van der Waals surface area contributed by atoms with Gasteiger partial charge in [0.2, 0.25) is 5.95 Å². The van der Waals surface area contributed by atoms with E-state index < -0.39 is 11.6 Å². The summed E-state index contributed by atoms with van der Waals surface area (Å²) in [5.41, 5.74) is 3.25. The van der Waals surface area contributed by atoms with Crippen molar-refractivity contribution in [2.45, 2.75) is 19.4 Å². The van der Waals surface area contributed by atoms with Gasteiger partial charge in [-0.25, -0.2) is 13.5 Å². The van der Waals surface area contributed by atoms with E-state index in [0.717, 1.165) is 75.4 Å². The van der Waals surface area contributed by atoms with Gasteiger partial charge in [-0.05, 0) is 42.3 Å². The van der Waals surface area contributed by atoms with Crippen molar-refractivity contribution in [3.63, 3.8) is 0 Å². The molecule has 170 valence electrons. The highest BCUT2D eigenvalue weighted by molar-refractivity contribution is 5.64. The Kier molecular flexibility index (Phi) is 5.75. The van der Waals surface area contributed by atoms with Crippen molar-refractivity contribution in [2.24, 2.45) is 0 Å². The van der Waals surface area contributed by atoms with Crippen LogP contribution in [0.15, 0.2) is 42.7 Å². The molecule has 7 nitrogen and oxygen atoms in total. The highest BCUT2D eigenvalue weighted by atomic mass is 19.1. The zero-order valence-electron chi connectivity index (χ0n) is 18.0. The van der Waals surface area contributed by atoms with Gasteiger partial charge >= 0.3 is 0 Å². The molecule has 1 N–H and O–H groups in total. The van der Waals surface area contributed by atoms with E-state index in [0.29, 0.717) is 12.0 Å². The molecule has 0 radical (unpaired) electrons. The number of nitrogens with zero attached hydrogens (tertiary/aromatic N) is 5. The Morgan fingerprint density at radius 2 is 1.91 bits per heavy atom. The first kappa shape index (κ1) is 20.8. The highest BCUT2D eigenvalue weighted by Gasteiger charge is 2.29. The van der Waals surface area contributed by atoms with Crippen LogP contribution in [0.1, 0.15) is 13.9 Å². The van der Waals surface area contributed by atoms with Gasteiger partial charge in [0, 0.05) is 45.0 Å². The smallest absolute Gasteiger partial charge is 0.246 e. The predicted octanol–water partition coefficient (Wildman–Crippen LogP) is 3.62. The molecule has 2 aliphatic rings. The number of piperazine rings is 1. The van der Waals surface area contributed by atoms with Gasteiger partial charge in [-0.1, -0.05) is 6.92 Å². The Bertz CT molecular complexity index is 1100. The van der Waals surface area contributed by atoms with Crippen molar-refractivity contribution in [2.75, 3.05) is 49.6 Å². The molecule has 32 heavy (non-hydrogen) atoms. The minimum atomic E-state index is -0.564. The van der Waals surface area contributed by atoms with Crippen LogP contribution >= 0.6 is 0 Å². The van der Waals surface area contributed by atoms with Crippen LogP contribution < -0.4 is 10.2 Å². The lowest BCUT2D eigenvalue weighted by Gasteiger charge is -2.43. The third-order valence-electron chi connectivity index (χ3n) is 6.11. The number of hydrogen-bond donors (Lipinski definition) is 1. The molecule has 2 saturated heterocycles. The number of ether oxygens (including phenoxy) is 1. The molecule has 2 aliphatic heterocycles. The largest absolute Gasteiger partial charge is 0.378 e. The van der Waals surface area contributed by atoms with Crippen molar-refractivity contribution in [3.05, 3.63) is 59.9 Å². The number of aromatic nitrogens is 3. The lowest BCUT2D eigenvalue weighted by molar-refractivity contribution is -0.0660. The third kappa shape index (κ3) is 4.31. The number of halogens is 2. The Morgan fingerprint density at radius 3 is 2.62 bits per heavy atom. The van der Waals surface area contributed by atoms with E-state index in [4.69, 9.17) is 4.74 Å². The van der Waals surface area contributed by atoms with Crippen LogP contribution in [0.5, 0.6) is 0 Å².